The zero-order chi connectivity index (χ0) is 16.7. The van der Waals surface area contributed by atoms with Gasteiger partial charge in [-0.15, -0.1) is 11.3 Å². The first-order valence-electron chi connectivity index (χ1n) is 8.06. The number of nitrogens with zero attached hydrogens (tertiary/aromatic N) is 4. The Hall–Kier alpha value is -2.09. The number of hydrogen-bond donors (Lipinski definition) is 1. The lowest BCUT2D eigenvalue weighted by atomic mass is 10.1. The minimum atomic E-state index is -1.92. The van der Waals surface area contributed by atoms with E-state index in [0.717, 1.165) is 36.3 Å². The molecular weight excluding hydrogens is 329 g/mol. The largest absolute Gasteiger partial charge is 0.352 e. The van der Waals surface area contributed by atoms with Gasteiger partial charge in [0, 0.05) is 35.8 Å². The molecule has 0 saturated carbocycles. The highest BCUT2D eigenvalue weighted by atomic mass is 32.1. The Labute approximate surface area is 143 Å². The molecule has 1 N–H and O–H groups in total. The predicted molar refractivity (Wildman–Crippen MR) is 90.2 cm³/mol. The molecule has 1 atom stereocenters. The lowest BCUT2D eigenvalue weighted by Gasteiger charge is -2.22. The third kappa shape index (κ3) is 2.64. The van der Waals surface area contributed by atoms with Crippen LogP contribution in [0.25, 0.3) is 0 Å². The van der Waals surface area contributed by atoms with Crippen LogP contribution >= 0.6 is 11.3 Å². The lowest BCUT2D eigenvalue weighted by molar-refractivity contribution is -0.126. The van der Waals surface area contributed by atoms with E-state index in [2.05, 4.69) is 20.3 Å². The molecular formula is C16H18FN5OS. The number of carbonyl (C=O) groups excluding carboxylic acids is 1. The van der Waals surface area contributed by atoms with Gasteiger partial charge in [-0.05, 0) is 26.2 Å². The smallest absolute Gasteiger partial charge is 0.265 e. The second-order valence-corrected chi connectivity index (χ2v) is 7.20. The number of aromatic nitrogens is 3. The molecule has 6 nitrogen and oxygen atoms in total. The van der Waals surface area contributed by atoms with Crippen molar-refractivity contribution in [2.75, 3.05) is 23.3 Å². The molecule has 2 aromatic heterocycles. The highest BCUT2D eigenvalue weighted by Gasteiger charge is 2.46. The van der Waals surface area contributed by atoms with Gasteiger partial charge >= 0.3 is 0 Å². The molecule has 0 bridgehead atoms. The number of halogens is 1. The molecule has 2 aromatic rings. The van der Waals surface area contributed by atoms with Crippen LogP contribution in [0.5, 0.6) is 0 Å². The average molecular weight is 347 g/mol. The summed E-state index contributed by atoms with van der Waals surface area (Å²) in [6, 6.07) is 0. The average Bonchev–Trinajstić information content (AvgIpc) is 3.27. The molecule has 3 heterocycles. The molecule has 24 heavy (non-hydrogen) atoms. The number of carbonyl (C=O) groups is 1. The molecule has 0 aromatic carbocycles. The molecule has 126 valence electrons. The number of rotatable bonds is 3. The summed E-state index contributed by atoms with van der Waals surface area (Å²) < 4.78 is 15.2. The van der Waals surface area contributed by atoms with E-state index in [9.17, 15) is 4.79 Å². The van der Waals surface area contributed by atoms with E-state index >= 15 is 4.39 Å². The van der Waals surface area contributed by atoms with Crippen LogP contribution in [0.3, 0.4) is 0 Å². The van der Waals surface area contributed by atoms with E-state index in [1.165, 1.54) is 11.3 Å². The molecule has 8 heteroatoms. The molecule has 1 fully saturated rings. The number of anilines is 2. The third-order valence-electron chi connectivity index (χ3n) is 4.60. The van der Waals surface area contributed by atoms with Gasteiger partial charge in [0.25, 0.3) is 5.91 Å². The lowest BCUT2D eigenvalue weighted by Crippen LogP contribution is -2.41. The second kappa shape index (κ2) is 5.77. The van der Waals surface area contributed by atoms with Crippen molar-refractivity contribution in [3.05, 3.63) is 28.7 Å². The summed E-state index contributed by atoms with van der Waals surface area (Å²) in [5, 5.41) is 4.74. The standard InChI is InChI=1S/C16H18FN5OS/c1-10-19-12-4-2-3-11(12)13(20-10)22-7-5-16(17,9-22)14(23)21-15-18-6-8-24-15/h6,8H,2-5,7,9H2,1H3,(H,18,21,23). The normalized spacial score (nSPS) is 22.7. The van der Waals surface area contributed by atoms with Gasteiger partial charge in [0.15, 0.2) is 5.13 Å². The Kier molecular flexibility index (Phi) is 3.71. The Morgan fingerprint density at radius 2 is 2.29 bits per heavy atom. The van der Waals surface area contributed by atoms with Crippen LogP contribution in [0.15, 0.2) is 11.6 Å². The molecule has 1 saturated heterocycles. The van der Waals surface area contributed by atoms with E-state index in [1.54, 1.807) is 11.6 Å². The minimum Gasteiger partial charge on any atom is -0.352 e. The first kappa shape index (κ1) is 15.4. The summed E-state index contributed by atoms with van der Waals surface area (Å²) in [4.78, 5) is 27.2. The molecule has 1 amide bonds. The van der Waals surface area contributed by atoms with Crippen LogP contribution in [0.1, 0.15) is 29.9 Å². The molecule has 0 radical (unpaired) electrons. The fraction of sp³-hybridized carbons (Fsp3) is 0.500. The first-order valence-corrected chi connectivity index (χ1v) is 8.94. The number of alkyl halides is 1. The second-order valence-electron chi connectivity index (χ2n) is 6.30. The number of nitrogens with one attached hydrogen (secondary N) is 1. The number of hydrogen-bond acceptors (Lipinski definition) is 6. The summed E-state index contributed by atoms with van der Waals surface area (Å²) in [5.41, 5.74) is 0.266. The number of amides is 1. The fourth-order valence-corrected chi connectivity index (χ4v) is 3.95. The van der Waals surface area contributed by atoms with Crippen molar-refractivity contribution in [1.29, 1.82) is 0 Å². The van der Waals surface area contributed by atoms with E-state index in [1.807, 2.05) is 11.8 Å². The highest BCUT2D eigenvalue weighted by molar-refractivity contribution is 7.13. The monoisotopic (exact) mass is 347 g/mol. The maximum atomic E-state index is 15.2. The SMILES string of the molecule is Cc1nc2c(c(N3CCC(F)(C(=O)Nc4nccs4)C3)n1)CCC2. The quantitative estimate of drug-likeness (QED) is 0.922. The van der Waals surface area contributed by atoms with Gasteiger partial charge < -0.3 is 4.90 Å². The van der Waals surface area contributed by atoms with Gasteiger partial charge in [-0.25, -0.2) is 19.3 Å². The molecule has 2 aliphatic rings. The predicted octanol–water partition coefficient (Wildman–Crippen LogP) is 2.29. The van der Waals surface area contributed by atoms with Crippen molar-refractivity contribution >= 4 is 28.2 Å². The van der Waals surface area contributed by atoms with Crippen LogP contribution in [0.4, 0.5) is 15.3 Å². The van der Waals surface area contributed by atoms with Crippen molar-refractivity contribution in [2.24, 2.45) is 0 Å². The van der Waals surface area contributed by atoms with Gasteiger partial charge in [-0.3, -0.25) is 10.1 Å². The van der Waals surface area contributed by atoms with Gasteiger partial charge in [0.1, 0.15) is 11.6 Å². The molecule has 1 aliphatic carbocycles. The van der Waals surface area contributed by atoms with Gasteiger partial charge in [-0.1, -0.05) is 0 Å². The Bertz CT molecular complexity index is 781. The molecule has 1 aliphatic heterocycles. The van der Waals surface area contributed by atoms with Crippen LogP contribution in [-0.4, -0.2) is 39.6 Å². The van der Waals surface area contributed by atoms with Crippen molar-refractivity contribution < 1.29 is 9.18 Å². The highest BCUT2D eigenvalue weighted by Crippen LogP contribution is 2.35. The molecule has 0 spiro atoms. The maximum Gasteiger partial charge on any atom is 0.265 e. The molecule has 4 rings (SSSR count). The minimum absolute atomic E-state index is 0.0209. The third-order valence-corrected chi connectivity index (χ3v) is 5.29. The van der Waals surface area contributed by atoms with Gasteiger partial charge in [0.2, 0.25) is 5.67 Å². The van der Waals surface area contributed by atoms with Crippen molar-refractivity contribution in [3.8, 4) is 0 Å². The molecule has 1 unspecified atom stereocenters. The maximum absolute atomic E-state index is 15.2. The first-order chi connectivity index (χ1) is 11.5. The van der Waals surface area contributed by atoms with Crippen LogP contribution in [-0.2, 0) is 17.6 Å². The number of fused-ring (bicyclic) bond motifs is 1. The number of aryl methyl sites for hydroxylation is 2. The van der Waals surface area contributed by atoms with E-state index < -0.39 is 11.6 Å². The summed E-state index contributed by atoms with van der Waals surface area (Å²) in [6.07, 6.45) is 4.66. The van der Waals surface area contributed by atoms with Crippen LogP contribution < -0.4 is 10.2 Å². The summed E-state index contributed by atoms with van der Waals surface area (Å²) in [5.74, 6) is 0.883. The van der Waals surface area contributed by atoms with E-state index in [-0.39, 0.29) is 13.0 Å². The summed E-state index contributed by atoms with van der Waals surface area (Å²) in [7, 11) is 0. The van der Waals surface area contributed by atoms with Crippen molar-refractivity contribution in [2.45, 2.75) is 38.3 Å². The summed E-state index contributed by atoms with van der Waals surface area (Å²) in [6.45, 7) is 2.35. The van der Waals surface area contributed by atoms with Crippen molar-refractivity contribution in [1.82, 2.24) is 15.0 Å². The van der Waals surface area contributed by atoms with Crippen LogP contribution in [0.2, 0.25) is 0 Å². The Balaban J connectivity index is 1.55. The van der Waals surface area contributed by atoms with Gasteiger partial charge in [0.05, 0.1) is 6.54 Å². The summed E-state index contributed by atoms with van der Waals surface area (Å²) >= 11 is 1.28. The van der Waals surface area contributed by atoms with Crippen LogP contribution in [0, 0.1) is 6.92 Å². The topological polar surface area (TPSA) is 71.0 Å². The Morgan fingerprint density at radius 3 is 3.08 bits per heavy atom. The zero-order valence-electron chi connectivity index (χ0n) is 13.4. The fourth-order valence-electron chi connectivity index (χ4n) is 3.43. The zero-order valence-corrected chi connectivity index (χ0v) is 14.2. The van der Waals surface area contributed by atoms with E-state index in [4.69, 9.17) is 0 Å². The van der Waals surface area contributed by atoms with Gasteiger partial charge in [-0.2, -0.15) is 0 Å². The number of thiazole rings is 1. The van der Waals surface area contributed by atoms with E-state index in [0.29, 0.717) is 17.5 Å². The van der Waals surface area contributed by atoms with Crippen molar-refractivity contribution in [3.63, 3.8) is 0 Å². The Morgan fingerprint density at radius 1 is 1.42 bits per heavy atom.